The van der Waals surface area contributed by atoms with Gasteiger partial charge >= 0.3 is 0 Å². The van der Waals surface area contributed by atoms with Crippen LogP contribution in [0.2, 0.25) is 0 Å². The number of aromatic nitrogens is 2. The molecule has 1 rings (SSSR count). The second-order valence-electron chi connectivity index (χ2n) is 3.55. The van der Waals surface area contributed by atoms with Crippen molar-refractivity contribution >= 4 is 0 Å². The fraction of sp³-hybridized carbons (Fsp3) is 0.800. The van der Waals surface area contributed by atoms with Crippen LogP contribution in [0.4, 0.5) is 0 Å². The molecule has 80 valence electrons. The third kappa shape index (κ3) is 3.10. The first kappa shape index (κ1) is 11.2. The van der Waals surface area contributed by atoms with Crippen LogP contribution in [0, 0.1) is 0 Å². The molecular formula is C10H19N3O. The van der Waals surface area contributed by atoms with Gasteiger partial charge in [-0.3, -0.25) is 0 Å². The number of rotatable bonds is 6. The molecule has 1 aromatic rings. The standard InChI is InChI=1S/C10H19N3O/c1-3-5-7-9-12-10(14-13-9)8(11)6-4-2/h8H,3-7,11H2,1-2H3/t8-/m0/s1. The summed E-state index contributed by atoms with van der Waals surface area (Å²) in [5, 5.41) is 3.89. The Kier molecular flexibility index (Phi) is 4.59. The van der Waals surface area contributed by atoms with Gasteiger partial charge in [0.1, 0.15) is 0 Å². The van der Waals surface area contributed by atoms with E-state index in [9.17, 15) is 0 Å². The lowest BCUT2D eigenvalue weighted by atomic mass is 10.2. The molecule has 0 aliphatic heterocycles. The Bertz CT molecular complexity index is 260. The second kappa shape index (κ2) is 5.75. The van der Waals surface area contributed by atoms with Gasteiger partial charge in [-0.2, -0.15) is 4.98 Å². The Labute approximate surface area is 84.9 Å². The molecule has 0 aliphatic carbocycles. The van der Waals surface area contributed by atoms with Crippen molar-refractivity contribution in [1.82, 2.24) is 10.1 Å². The monoisotopic (exact) mass is 197 g/mol. The summed E-state index contributed by atoms with van der Waals surface area (Å²) in [6.07, 6.45) is 5.06. The zero-order valence-corrected chi connectivity index (χ0v) is 8.99. The predicted molar refractivity (Wildman–Crippen MR) is 54.7 cm³/mol. The summed E-state index contributed by atoms with van der Waals surface area (Å²) in [6, 6.07) is -0.0946. The number of hydrogen-bond acceptors (Lipinski definition) is 4. The normalized spacial score (nSPS) is 13.1. The first-order valence-electron chi connectivity index (χ1n) is 5.36. The fourth-order valence-electron chi connectivity index (χ4n) is 1.29. The van der Waals surface area contributed by atoms with Crippen molar-refractivity contribution in [2.75, 3.05) is 0 Å². The van der Waals surface area contributed by atoms with Gasteiger partial charge in [-0.15, -0.1) is 0 Å². The largest absolute Gasteiger partial charge is 0.338 e. The van der Waals surface area contributed by atoms with Crippen molar-refractivity contribution in [1.29, 1.82) is 0 Å². The number of aryl methyl sites for hydroxylation is 1. The molecular weight excluding hydrogens is 178 g/mol. The Hall–Kier alpha value is -0.900. The highest BCUT2D eigenvalue weighted by Crippen LogP contribution is 2.13. The summed E-state index contributed by atoms with van der Waals surface area (Å²) < 4.78 is 5.09. The van der Waals surface area contributed by atoms with E-state index in [1.165, 1.54) is 0 Å². The quantitative estimate of drug-likeness (QED) is 0.759. The molecule has 0 fully saturated rings. The van der Waals surface area contributed by atoms with Crippen LogP contribution >= 0.6 is 0 Å². The maximum Gasteiger partial charge on any atom is 0.243 e. The van der Waals surface area contributed by atoms with E-state index in [0.29, 0.717) is 5.89 Å². The van der Waals surface area contributed by atoms with Crippen LogP contribution in [0.25, 0.3) is 0 Å². The molecule has 1 atom stereocenters. The van der Waals surface area contributed by atoms with Gasteiger partial charge in [0.05, 0.1) is 6.04 Å². The van der Waals surface area contributed by atoms with E-state index in [4.69, 9.17) is 10.3 Å². The molecule has 1 heterocycles. The first-order chi connectivity index (χ1) is 6.77. The summed E-state index contributed by atoms with van der Waals surface area (Å²) >= 11 is 0. The Morgan fingerprint density at radius 3 is 2.79 bits per heavy atom. The molecule has 0 saturated carbocycles. The van der Waals surface area contributed by atoms with Gasteiger partial charge < -0.3 is 10.3 Å². The van der Waals surface area contributed by atoms with Crippen LogP contribution in [-0.4, -0.2) is 10.1 Å². The number of nitrogens with two attached hydrogens (primary N) is 1. The molecule has 4 nitrogen and oxygen atoms in total. The van der Waals surface area contributed by atoms with Crippen molar-refractivity contribution < 1.29 is 4.52 Å². The topological polar surface area (TPSA) is 64.9 Å². The van der Waals surface area contributed by atoms with Gasteiger partial charge in [-0.25, -0.2) is 0 Å². The van der Waals surface area contributed by atoms with Crippen molar-refractivity contribution in [3.05, 3.63) is 11.7 Å². The minimum atomic E-state index is -0.0946. The van der Waals surface area contributed by atoms with Gasteiger partial charge in [0, 0.05) is 6.42 Å². The molecule has 0 aliphatic rings. The van der Waals surface area contributed by atoms with Crippen molar-refractivity contribution in [2.45, 2.75) is 52.0 Å². The third-order valence-electron chi connectivity index (χ3n) is 2.15. The maximum atomic E-state index is 5.85. The van der Waals surface area contributed by atoms with Gasteiger partial charge in [-0.1, -0.05) is 31.8 Å². The summed E-state index contributed by atoms with van der Waals surface area (Å²) in [7, 11) is 0. The van der Waals surface area contributed by atoms with E-state index in [1.54, 1.807) is 0 Å². The van der Waals surface area contributed by atoms with Crippen LogP contribution < -0.4 is 5.73 Å². The predicted octanol–water partition coefficient (Wildman–Crippen LogP) is 2.21. The molecule has 0 saturated heterocycles. The summed E-state index contributed by atoms with van der Waals surface area (Å²) in [5.41, 5.74) is 5.85. The van der Waals surface area contributed by atoms with Crippen LogP contribution in [0.15, 0.2) is 4.52 Å². The van der Waals surface area contributed by atoms with E-state index in [-0.39, 0.29) is 6.04 Å². The molecule has 4 heteroatoms. The molecule has 2 N–H and O–H groups in total. The van der Waals surface area contributed by atoms with Crippen molar-refractivity contribution in [3.63, 3.8) is 0 Å². The van der Waals surface area contributed by atoms with Gasteiger partial charge in [0.15, 0.2) is 5.82 Å². The van der Waals surface area contributed by atoms with E-state index >= 15 is 0 Å². The molecule has 1 aromatic heterocycles. The molecule has 0 spiro atoms. The molecule has 0 aromatic carbocycles. The Balaban J connectivity index is 2.49. The zero-order chi connectivity index (χ0) is 10.4. The Morgan fingerprint density at radius 2 is 2.14 bits per heavy atom. The maximum absolute atomic E-state index is 5.85. The van der Waals surface area contributed by atoms with Gasteiger partial charge in [0.25, 0.3) is 0 Å². The van der Waals surface area contributed by atoms with E-state index in [1.807, 2.05) is 0 Å². The molecule has 14 heavy (non-hydrogen) atoms. The highest BCUT2D eigenvalue weighted by atomic mass is 16.5. The SMILES string of the molecule is CCCCc1noc([C@@H](N)CCC)n1. The number of unbranched alkanes of at least 4 members (excludes halogenated alkanes) is 1. The first-order valence-corrected chi connectivity index (χ1v) is 5.36. The number of nitrogens with zero attached hydrogens (tertiary/aromatic N) is 2. The third-order valence-corrected chi connectivity index (χ3v) is 2.15. The average molecular weight is 197 g/mol. The fourth-order valence-corrected chi connectivity index (χ4v) is 1.29. The average Bonchev–Trinajstić information content (AvgIpc) is 2.63. The van der Waals surface area contributed by atoms with Crippen LogP contribution in [0.5, 0.6) is 0 Å². The number of hydrogen-bond donors (Lipinski definition) is 1. The minimum absolute atomic E-state index is 0.0946. The lowest BCUT2D eigenvalue weighted by Gasteiger charge is -2.01. The summed E-state index contributed by atoms with van der Waals surface area (Å²) in [5.74, 6) is 1.37. The smallest absolute Gasteiger partial charge is 0.243 e. The van der Waals surface area contributed by atoms with Crippen molar-refractivity contribution in [3.8, 4) is 0 Å². The van der Waals surface area contributed by atoms with Crippen LogP contribution in [-0.2, 0) is 6.42 Å². The van der Waals surface area contributed by atoms with Crippen LogP contribution in [0.1, 0.15) is 57.3 Å². The highest BCUT2D eigenvalue weighted by Gasteiger charge is 2.13. The molecule has 0 bridgehead atoms. The van der Waals surface area contributed by atoms with Crippen LogP contribution in [0.3, 0.4) is 0 Å². The van der Waals surface area contributed by atoms with E-state index in [0.717, 1.165) is 37.9 Å². The Morgan fingerprint density at radius 1 is 1.36 bits per heavy atom. The lowest BCUT2D eigenvalue weighted by Crippen LogP contribution is -2.10. The molecule has 0 unspecified atom stereocenters. The summed E-state index contributed by atoms with van der Waals surface area (Å²) in [6.45, 7) is 4.23. The molecule has 0 amide bonds. The van der Waals surface area contributed by atoms with E-state index < -0.39 is 0 Å². The second-order valence-corrected chi connectivity index (χ2v) is 3.55. The lowest BCUT2D eigenvalue weighted by molar-refractivity contribution is 0.344. The molecule has 0 radical (unpaired) electrons. The van der Waals surface area contributed by atoms with Gasteiger partial charge in [-0.05, 0) is 12.8 Å². The summed E-state index contributed by atoms with van der Waals surface area (Å²) in [4.78, 5) is 4.26. The van der Waals surface area contributed by atoms with E-state index in [2.05, 4.69) is 24.0 Å². The minimum Gasteiger partial charge on any atom is -0.338 e. The van der Waals surface area contributed by atoms with Crippen molar-refractivity contribution in [2.24, 2.45) is 5.73 Å². The zero-order valence-electron chi connectivity index (χ0n) is 8.99. The van der Waals surface area contributed by atoms with Gasteiger partial charge in [0.2, 0.25) is 5.89 Å². The highest BCUT2D eigenvalue weighted by molar-refractivity contribution is 4.91.